The zero-order chi connectivity index (χ0) is 13.2. The van der Waals surface area contributed by atoms with E-state index < -0.39 is 15.8 Å². The van der Waals surface area contributed by atoms with Crippen molar-refractivity contribution < 1.29 is 12.8 Å². The fourth-order valence-corrected chi connectivity index (χ4v) is 3.00. The van der Waals surface area contributed by atoms with Crippen molar-refractivity contribution >= 4 is 22.4 Å². The van der Waals surface area contributed by atoms with Crippen LogP contribution in [0.3, 0.4) is 0 Å². The number of hydrogen-bond acceptors (Lipinski definition) is 3. The Morgan fingerprint density at radius 3 is 2.50 bits per heavy atom. The molecule has 104 valence electrons. The highest BCUT2D eigenvalue weighted by molar-refractivity contribution is 7.89. The molecule has 1 rings (SSSR count). The quantitative estimate of drug-likeness (QED) is 0.916. The molecule has 0 saturated heterocycles. The van der Waals surface area contributed by atoms with E-state index in [0.717, 1.165) is 10.4 Å². The Balaban J connectivity index is 0.00000289. The lowest BCUT2D eigenvalue weighted by Crippen LogP contribution is -2.39. The Bertz CT molecular complexity index is 508. The first-order chi connectivity index (χ1) is 7.80. The van der Waals surface area contributed by atoms with E-state index in [0.29, 0.717) is 5.56 Å². The Morgan fingerprint density at radius 2 is 2.00 bits per heavy atom. The second-order valence-electron chi connectivity index (χ2n) is 4.02. The fourth-order valence-electron chi connectivity index (χ4n) is 1.39. The second-order valence-corrected chi connectivity index (χ2v) is 5.98. The lowest BCUT2D eigenvalue weighted by Gasteiger charge is -2.23. The maximum Gasteiger partial charge on any atom is 0.243 e. The minimum Gasteiger partial charge on any atom is -0.329 e. The molecule has 1 unspecified atom stereocenters. The summed E-state index contributed by atoms with van der Waals surface area (Å²) in [5.41, 5.74) is 5.95. The molecular formula is C11H18ClFN2O2S. The van der Waals surface area contributed by atoms with Gasteiger partial charge in [0.25, 0.3) is 0 Å². The van der Waals surface area contributed by atoms with Crippen LogP contribution >= 0.6 is 12.4 Å². The van der Waals surface area contributed by atoms with Crippen LogP contribution in [0.2, 0.25) is 0 Å². The largest absolute Gasteiger partial charge is 0.329 e. The molecule has 4 nitrogen and oxygen atoms in total. The van der Waals surface area contributed by atoms with Gasteiger partial charge < -0.3 is 5.73 Å². The van der Waals surface area contributed by atoms with Crippen molar-refractivity contribution in [3.8, 4) is 0 Å². The minimum atomic E-state index is -3.69. The van der Waals surface area contributed by atoms with Gasteiger partial charge in [0.2, 0.25) is 10.0 Å². The maximum atomic E-state index is 13.1. The van der Waals surface area contributed by atoms with E-state index in [-0.39, 0.29) is 29.9 Å². The van der Waals surface area contributed by atoms with E-state index in [1.807, 2.05) is 0 Å². The Kier molecular flexibility index (Phi) is 6.22. The van der Waals surface area contributed by atoms with E-state index in [2.05, 4.69) is 0 Å². The van der Waals surface area contributed by atoms with Crippen LogP contribution in [-0.4, -0.2) is 32.4 Å². The van der Waals surface area contributed by atoms with Crippen LogP contribution in [-0.2, 0) is 10.0 Å². The van der Waals surface area contributed by atoms with Gasteiger partial charge in [-0.3, -0.25) is 0 Å². The summed E-state index contributed by atoms with van der Waals surface area (Å²) in [4.78, 5) is -0.0136. The van der Waals surface area contributed by atoms with Gasteiger partial charge in [0, 0.05) is 19.6 Å². The molecule has 0 aliphatic carbocycles. The lowest BCUT2D eigenvalue weighted by molar-refractivity contribution is 0.394. The molecule has 0 heterocycles. The first kappa shape index (κ1) is 17.3. The summed E-state index contributed by atoms with van der Waals surface area (Å²) in [5.74, 6) is -0.567. The summed E-state index contributed by atoms with van der Waals surface area (Å²) in [5, 5.41) is 0. The van der Waals surface area contributed by atoms with Gasteiger partial charge >= 0.3 is 0 Å². The van der Waals surface area contributed by atoms with Gasteiger partial charge in [-0.15, -0.1) is 12.4 Å². The molecule has 2 N–H and O–H groups in total. The third kappa shape index (κ3) is 3.41. The predicted octanol–water partition coefficient (Wildman–Crippen LogP) is 1.52. The average Bonchev–Trinajstić information content (AvgIpc) is 2.30. The zero-order valence-electron chi connectivity index (χ0n) is 10.6. The van der Waals surface area contributed by atoms with Gasteiger partial charge in [-0.25, -0.2) is 12.8 Å². The predicted molar refractivity (Wildman–Crippen MR) is 71.9 cm³/mol. The molecule has 0 radical (unpaired) electrons. The van der Waals surface area contributed by atoms with Crippen LogP contribution in [0, 0.1) is 12.7 Å². The van der Waals surface area contributed by atoms with Crippen LogP contribution in [0.4, 0.5) is 4.39 Å². The highest BCUT2D eigenvalue weighted by Gasteiger charge is 2.26. The van der Waals surface area contributed by atoms with Gasteiger partial charge in [-0.2, -0.15) is 4.31 Å². The Labute approximate surface area is 113 Å². The number of rotatable bonds is 4. The smallest absolute Gasteiger partial charge is 0.243 e. The van der Waals surface area contributed by atoms with E-state index in [9.17, 15) is 12.8 Å². The first-order valence-electron chi connectivity index (χ1n) is 5.25. The minimum absolute atomic E-state index is 0. The molecule has 0 bridgehead atoms. The molecule has 1 aromatic rings. The van der Waals surface area contributed by atoms with Crippen LogP contribution in [0.1, 0.15) is 12.5 Å². The summed E-state index contributed by atoms with van der Waals surface area (Å²) < 4.78 is 38.7. The molecule has 1 atom stereocenters. The number of likely N-dealkylation sites (N-methyl/N-ethyl adjacent to an activating group) is 1. The summed E-state index contributed by atoms with van der Waals surface area (Å²) in [6.45, 7) is 3.55. The maximum absolute atomic E-state index is 13.1. The van der Waals surface area contributed by atoms with Crippen LogP contribution in [0.15, 0.2) is 23.1 Å². The number of nitrogens with zero attached hydrogens (tertiary/aromatic N) is 1. The van der Waals surface area contributed by atoms with Crippen molar-refractivity contribution in [1.82, 2.24) is 4.31 Å². The number of nitrogens with two attached hydrogens (primary N) is 1. The lowest BCUT2D eigenvalue weighted by atomic mass is 10.2. The molecule has 0 aromatic heterocycles. The van der Waals surface area contributed by atoms with E-state index >= 15 is 0 Å². The third-order valence-corrected chi connectivity index (χ3v) is 4.88. The van der Waals surface area contributed by atoms with Crippen molar-refractivity contribution in [2.45, 2.75) is 24.8 Å². The fraction of sp³-hybridized carbons (Fsp3) is 0.455. The highest BCUT2D eigenvalue weighted by atomic mass is 35.5. The van der Waals surface area contributed by atoms with Gasteiger partial charge in [0.05, 0.1) is 4.90 Å². The first-order valence-corrected chi connectivity index (χ1v) is 6.69. The number of sulfonamides is 1. The molecule has 0 fully saturated rings. The molecule has 1 aromatic carbocycles. The number of halogens is 2. The van der Waals surface area contributed by atoms with Gasteiger partial charge in [-0.1, -0.05) is 6.07 Å². The van der Waals surface area contributed by atoms with Crippen molar-refractivity contribution in [1.29, 1.82) is 0 Å². The SMILES string of the molecule is Cc1ccc(F)cc1S(=O)(=O)N(C)C(C)CN.Cl. The zero-order valence-corrected chi connectivity index (χ0v) is 12.2. The third-order valence-electron chi connectivity index (χ3n) is 2.77. The van der Waals surface area contributed by atoms with E-state index in [1.54, 1.807) is 13.8 Å². The van der Waals surface area contributed by atoms with Crippen molar-refractivity contribution in [2.24, 2.45) is 5.73 Å². The summed E-state index contributed by atoms with van der Waals surface area (Å²) in [7, 11) is -2.25. The van der Waals surface area contributed by atoms with Crippen LogP contribution in [0.5, 0.6) is 0 Å². The van der Waals surface area contributed by atoms with Crippen LogP contribution < -0.4 is 5.73 Å². The average molecular weight is 297 g/mol. The van der Waals surface area contributed by atoms with Crippen molar-refractivity contribution in [2.75, 3.05) is 13.6 Å². The topological polar surface area (TPSA) is 63.4 Å². The van der Waals surface area contributed by atoms with E-state index in [4.69, 9.17) is 5.73 Å². The molecule has 0 amide bonds. The summed E-state index contributed by atoms with van der Waals surface area (Å²) in [6, 6.07) is 3.39. The van der Waals surface area contributed by atoms with Gasteiger partial charge in [0.1, 0.15) is 5.82 Å². The van der Waals surface area contributed by atoms with Crippen LogP contribution in [0.25, 0.3) is 0 Å². The summed E-state index contributed by atoms with van der Waals surface area (Å²) >= 11 is 0. The number of benzene rings is 1. The molecular weight excluding hydrogens is 279 g/mol. The standard InChI is InChI=1S/C11H17FN2O2S.ClH/c1-8-4-5-10(12)6-11(8)17(15,16)14(3)9(2)7-13;/h4-6,9H,7,13H2,1-3H3;1H. The Morgan fingerprint density at radius 1 is 1.44 bits per heavy atom. The monoisotopic (exact) mass is 296 g/mol. The molecule has 18 heavy (non-hydrogen) atoms. The second kappa shape index (κ2) is 6.47. The number of hydrogen-bond donors (Lipinski definition) is 1. The van der Waals surface area contributed by atoms with Gasteiger partial charge in [-0.05, 0) is 31.5 Å². The Hall–Kier alpha value is -0.690. The highest BCUT2D eigenvalue weighted by Crippen LogP contribution is 2.21. The van der Waals surface area contributed by atoms with Crippen molar-refractivity contribution in [3.05, 3.63) is 29.6 Å². The molecule has 0 spiro atoms. The molecule has 0 saturated carbocycles. The van der Waals surface area contributed by atoms with E-state index in [1.165, 1.54) is 19.2 Å². The molecule has 7 heteroatoms. The summed E-state index contributed by atoms with van der Waals surface area (Å²) in [6.07, 6.45) is 0. The van der Waals surface area contributed by atoms with Crippen molar-refractivity contribution in [3.63, 3.8) is 0 Å². The van der Waals surface area contributed by atoms with Gasteiger partial charge in [0.15, 0.2) is 0 Å². The number of aryl methyl sites for hydroxylation is 1. The molecule has 0 aliphatic heterocycles. The normalized spacial score (nSPS) is 13.2. The molecule has 0 aliphatic rings.